The van der Waals surface area contributed by atoms with E-state index in [1.807, 2.05) is 12.1 Å². The molecule has 1 aliphatic heterocycles. The molecule has 2 aliphatic rings. The summed E-state index contributed by atoms with van der Waals surface area (Å²) >= 11 is 6.24. The van der Waals surface area contributed by atoms with E-state index >= 15 is 0 Å². The number of nitrogens with zero attached hydrogens (tertiary/aromatic N) is 1. The Hall–Kier alpha value is -1.01. The minimum Gasteiger partial charge on any atom is -0.493 e. The van der Waals surface area contributed by atoms with Crippen LogP contribution in [0, 0.1) is 0 Å². The van der Waals surface area contributed by atoms with Crippen LogP contribution in [0.3, 0.4) is 0 Å². The Kier molecular flexibility index (Phi) is 5.64. The zero-order chi connectivity index (χ0) is 16.2. The van der Waals surface area contributed by atoms with Crippen molar-refractivity contribution in [1.29, 1.82) is 0 Å². The topological polar surface area (TPSA) is 43.0 Å². The predicted octanol–water partition coefficient (Wildman–Crippen LogP) is 2.31. The van der Waals surface area contributed by atoms with Crippen LogP contribution in [0.25, 0.3) is 0 Å². The van der Waals surface area contributed by atoms with Crippen molar-refractivity contribution in [2.24, 2.45) is 0 Å². The van der Waals surface area contributed by atoms with Crippen LogP contribution in [-0.4, -0.2) is 57.5 Å². The van der Waals surface area contributed by atoms with Gasteiger partial charge in [0.25, 0.3) is 0 Å². The third-order valence-electron chi connectivity index (χ3n) is 4.43. The molecule has 1 saturated heterocycles. The van der Waals surface area contributed by atoms with E-state index in [1.165, 1.54) is 12.8 Å². The molecule has 0 amide bonds. The molecule has 0 aromatic heterocycles. The van der Waals surface area contributed by atoms with Crippen LogP contribution in [0.15, 0.2) is 12.1 Å². The Morgan fingerprint density at radius 3 is 2.83 bits per heavy atom. The number of benzene rings is 1. The van der Waals surface area contributed by atoms with Gasteiger partial charge in [-0.3, -0.25) is 4.90 Å². The fraction of sp³-hybridized carbons (Fsp3) is 0.647. The van der Waals surface area contributed by atoms with Crippen LogP contribution in [0.1, 0.15) is 18.4 Å². The minimum atomic E-state index is 0.264. The molecule has 1 unspecified atom stereocenters. The van der Waals surface area contributed by atoms with Gasteiger partial charge >= 0.3 is 0 Å². The molecule has 3 rings (SSSR count). The summed E-state index contributed by atoms with van der Waals surface area (Å²) in [5.41, 5.74) is 1.07. The van der Waals surface area contributed by atoms with Gasteiger partial charge in [-0.15, -0.1) is 0 Å². The standard InChI is InChI=1S/C17H25ClN2O3/c1-21-16-8-12(7-15(18)17(16)22-2)9-19-10-14-11-20(5-6-23-14)13-3-4-13/h7-8,13-14,19H,3-6,9-11H2,1-2H3. The van der Waals surface area contributed by atoms with Gasteiger partial charge in [-0.2, -0.15) is 0 Å². The monoisotopic (exact) mass is 340 g/mol. The van der Waals surface area contributed by atoms with Crippen LogP contribution >= 0.6 is 11.6 Å². The van der Waals surface area contributed by atoms with Crippen molar-refractivity contribution < 1.29 is 14.2 Å². The lowest BCUT2D eigenvalue weighted by atomic mass is 10.2. The zero-order valence-electron chi connectivity index (χ0n) is 13.8. The van der Waals surface area contributed by atoms with E-state index in [2.05, 4.69) is 10.2 Å². The van der Waals surface area contributed by atoms with Gasteiger partial charge in [-0.05, 0) is 30.5 Å². The number of hydrogen-bond donors (Lipinski definition) is 1. The number of halogens is 1. The maximum absolute atomic E-state index is 6.24. The molecule has 1 aromatic carbocycles. The molecule has 128 valence electrons. The van der Waals surface area contributed by atoms with E-state index in [9.17, 15) is 0 Å². The largest absolute Gasteiger partial charge is 0.493 e. The second-order valence-electron chi connectivity index (χ2n) is 6.16. The van der Waals surface area contributed by atoms with Crippen molar-refractivity contribution in [3.63, 3.8) is 0 Å². The highest BCUT2D eigenvalue weighted by Gasteiger charge is 2.32. The minimum absolute atomic E-state index is 0.264. The van der Waals surface area contributed by atoms with E-state index in [1.54, 1.807) is 14.2 Å². The molecular weight excluding hydrogens is 316 g/mol. The number of hydrogen-bond acceptors (Lipinski definition) is 5. The molecule has 1 heterocycles. The molecule has 1 atom stereocenters. The molecule has 0 radical (unpaired) electrons. The summed E-state index contributed by atoms with van der Waals surface area (Å²) in [5, 5.41) is 4.03. The van der Waals surface area contributed by atoms with Crippen LogP contribution in [0.2, 0.25) is 5.02 Å². The maximum Gasteiger partial charge on any atom is 0.179 e. The first-order valence-electron chi connectivity index (χ1n) is 8.18. The Morgan fingerprint density at radius 1 is 1.30 bits per heavy atom. The van der Waals surface area contributed by atoms with Gasteiger partial charge in [0.2, 0.25) is 0 Å². The van der Waals surface area contributed by atoms with Crippen LogP contribution in [0.4, 0.5) is 0 Å². The average Bonchev–Trinajstić information content (AvgIpc) is 3.39. The van der Waals surface area contributed by atoms with Crippen LogP contribution < -0.4 is 14.8 Å². The van der Waals surface area contributed by atoms with Gasteiger partial charge in [0, 0.05) is 32.2 Å². The van der Waals surface area contributed by atoms with Gasteiger partial charge in [0.15, 0.2) is 11.5 Å². The number of methoxy groups -OCH3 is 2. The van der Waals surface area contributed by atoms with Gasteiger partial charge in [0.05, 0.1) is 32.0 Å². The molecule has 23 heavy (non-hydrogen) atoms. The Balaban J connectivity index is 1.51. The van der Waals surface area contributed by atoms with E-state index in [-0.39, 0.29) is 6.10 Å². The third kappa shape index (κ3) is 4.29. The molecule has 1 N–H and O–H groups in total. The second-order valence-corrected chi connectivity index (χ2v) is 6.57. The summed E-state index contributed by atoms with van der Waals surface area (Å²) in [5.74, 6) is 1.24. The van der Waals surface area contributed by atoms with Crippen LogP contribution in [0.5, 0.6) is 11.5 Å². The van der Waals surface area contributed by atoms with Gasteiger partial charge < -0.3 is 19.5 Å². The molecule has 5 nitrogen and oxygen atoms in total. The molecule has 2 fully saturated rings. The fourth-order valence-corrected chi connectivity index (χ4v) is 3.40. The van der Waals surface area contributed by atoms with Crippen LogP contribution in [-0.2, 0) is 11.3 Å². The molecule has 1 saturated carbocycles. The summed E-state index contributed by atoms with van der Waals surface area (Å²) in [7, 11) is 3.21. The first-order chi connectivity index (χ1) is 11.2. The number of rotatable bonds is 7. The van der Waals surface area contributed by atoms with Crippen molar-refractivity contribution in [3.8, 4) is 11.5 Å². The van der Waals surface area contributed by atoms with Gasteiger partial charge in [0.1, 0.15) is 0 Å². The molecule has 0 spiro atoms. The van der Waals surface area contributed by atoms with Gasteiger partial charge in [-0.25, -0.2) is 0 Å². The first-order valence-corrected chi connectivity index (χ1v) is 8.56. The number of nitrogens with one attached hydrogen (secondary N) is 1. The predicted molar refractivity (Wildman–Crippen MR) is 90.6 cm³/mol. The maximum atomic E-state index is 6.24. The summed E-state index contributed by atoms with van der Waals surface area (Å²) in [6.07, 6.45) is 2.97. The van der Waals surface area contributed by atoms with Crippen molar-refractivity contribution >= 4 is 11.6 Å². The highest BCUT2D eigenvalue weighted by Crippen LogP contribution is 2.36. The Morgan fingerprint density at radius 2 is 2.13 bits per heavy atom. The lowest BCUT2D eigenvalue weighted by Crippen LogP contribution is -2.47. The van der Waals surface area contributed by atoms with Crippen molar-refractivity contribution in [2.45, 2.75) is 31.5 Å². The van der Waals surface area contributed by atoms with Crippen molar-refractivity contribution in [1.82, 2.24) is 10.2 Å². The summed E-state index contributed by atoms with van der Waals surface area (Å²) in [4.78, 5) is 2.56. The van der Waals surface area contributed by atoms with Gasteiger partial charge in [-0.1, -0.05) is 11.6 Å². The SMILES string of the molecule is COc1cc(CNCC2CN(C3CC3)CCO2)cc(Cl)c1OC. The van der Waals surface area contributed by atoms with E-state index in [0.29, 0.717) is 16.5 Å². The smallest absolute Gasteiger partial charge is 0.179 e. The molecule has 0 bridgehead atoms. The molecule has 1 aromatic rings. The summed E-state index contributed by atoms with van der Waals surface area (Å²) < 4.78 is 16.4. The molecule has 6 heteroatoms. The van der Waals surface area contributed by atoms with Crippen molar-refractivity contribution in [2.75, 3.05) is 40.5 Å². The summed E-state index contributed by atoms with van der Waals surface area (Å²) in [6, 6.07) is 4.68. The Bertz CT molecular complexity index is 537. The first kappa shape index (κ1) is 16.8. The molecule has 1 aliphatic carbocycles. The van der Waals surface area contributed by atoms with Crippen molar-refractivity contribution in [3.05, 3.63) is 22.7 Å². The quantitative estimate of drug-likeness (QED) is 0.825. The lowest BCUT2D eigenvalue weighted by molar-refractivity contribution is -0.0301. The van der Waals surface area contributed by atoms with E-state index in [0.717, 1.165) is 44.4 Å². The lowest BCUT2D eigenvalue weighted by Gasteiger charge is -2.33. The highest BCUT2D eigenvalue weighted by molar-refractivity contribution is 6.32. The second kappa shape index (κ2) is 7.71. The average molecular weight is 341 g/mol. The third-order valence-corrected chi connectivity index (χ3v) is 4.71. The highest BCUT2D eigenvalue weighted by atomic mass is 35.5. The number of morpholine rings is 1. The molecular formula is C17H25ClN2O3. The Labute approximate surface area is 142 Å². The van der Waals surface area contributed by atoms with E-state index < -0.39 is 0 Å². The fourth-order valence-electron chi connectivity index (χ4n) is 3.09. The van der Waals surface area contributed by atoms with E-state index in [4.69, 9.17) is 25.8 Å². The normalized spacial score (nSPS) is 22.1. The zero-order valence-corrected chi connectivity index (χ0v) is 14.6. The number of ether oxygens (including phenoxy) is 3. The summed E-state index contributed by atoms with van der Waals surface area (Å²) in [6.45, 7) is 4.51.